The van der Waals surface area contributed by atoms with E-state index in [-0.39, 0.29) is 6.10 Å². The van der Waals surface area contributed by atoms with Gasteiger partial charge < -0.3 is 35.1 Å². The molecule has 2 aliphatic rings. The first-order valence-corrected chi connectivity index (χ1v) is 17.6. The summed E-state index contributed by atoms with van der Waals surface area (Å²) < 4.78 is 12.3. The molecule has 5 rings (SSSR count). The number of likely N-dealkylation sites (tertiary alicyclic amines) is 1. The van der Waals surface area contributed by atoms with Gasteiger partial charge in [-0.05, 0) is 86.0 Å². The summed E-state index contributed by atoms with van der Waals surface area (Å²) in [4.78, 5) is 17.5. The van der Waals surface area contributed by atoms with E-state index >= 15 is 0 Å². The Morgan fingerprint density at radius 1 is 1.09 bits per heavy atom. The summed E-state index contributed by atoms with van der Waals surface area (Å²) in [6.07, 6.45) is 5.83. The Morgan fingerprint density at radius 3 is 2.33 bits per heavy atom. The average molecular weight is 645 g/mol. The number of hydrogen-bond donors (Lipinski definition) is 2. The first-order chi connectivity index (χ1) is 22.4. The van der Waals surface area contributed by atoms with Gasteiger partial charge in [-0.15, -0.1) is 11.8 Å². The number of nitrogens with zero attached hydrogens (tertiary/aromatic N) is 2. The van der Waals surface area contributed by atoms with Gasteiger partial charge in [-0.25, -0.2) is 0 Å². The monoisotopic (exact) mass is 644 g/mol. The molecule has 0 spiro atoms. The summed E-state index contributed by atoms with van der Waals surface area (Å²) in [5.41, 5.74) is 12.1. The number of nitrogens with two attached hydrogens (primary N) is 1. The van der Waals surface area contributed by atoms with E-state index in [1.165, 1.54) is 0 Å². The lowest BCUT2D eigenvalue weighted by molar-refractivity contribution is -0.115. The van der Waals surface area contributed by atoms with Crippen molar-refractivity contribution in [3.8, 4) is 11.5 Å². The lowest BCUT2D eigenvalue weighted by Crippen LogP contribution is -2.39. The summed E-state index contributed by atoms with van der Waals surface area (Å²) >= 11 is 1.61. The second-order valence-electron chi connectivity index (χ2n) is 12.0. The molecule has 7 nitrogen and oxygen atoms in total. The highest BCUT2D eigenvalue weighted by atomic mass is 32.2. The number of aldehydes is 1. The van der Waals surface area contributed by atoms with Gasteiger partial charge in [0.05, 0.1) is 28.9 Å². The fraction of sp³-hybridized carbons (Fsp3) is 0.447. The molecule has 8 heteroatoms. The Morgan fingerprint density at radius 2 is 1.76 bits per heavy atom. The lowest BCUT2D eigenvalue weighted by atomic mass is 9.64. The Bertz CT molecular complexity index is 1430. The van der Waals surface area contributed by atoms with E-state index < -0.39 is 5.41 Å². The van der Waals surface area contributed by atoms with Gasteiger partial charge in [0.25, 0.3) is 0 Å². The van der Waals surface area contributed by atoms with Gasteiger partial charge in [0, 0.05) is 37.9 Å². The van der Waals surface area contributed by atoms with Crippen molar-refractivity contribution < 1.29 is 14.3 Å². The molecule has 3 aromatic carbocycles. The second kappa shape index (κ2) is 16.8. The van der Waals surface area contributed by atoms with Crippen LogP contribution < -0.4 is 25.4 Å². The van der Waals surface area contributed by atoms with E-state index in [2.05, 4.69) is 60.4 Å². The number of ether oxygens (including phenoxy) is 2. The molecule has 1 saturated heterocycles. The molecule has 0 bridgehead atoms. The van der Waals surface area contributed by atoms with Crippen LogP contribution in [0.2, 0.25) is 0 Å². The van der Waals surface area contributed by atoms with Crippen LogP contribution in [0.25, 0.3) is 5.70 Å². The smallest absolute Gasteiger partial charge is 0.144 e. The Hall–Kier alpha value is -3.62. The van der Waals surface area contributed by atoms with Crippen LogP contribution in [0.5, 0.6) is 11.5 Å². The van der Waals surface area contributed by atoms with Gasteiger partial charge >= 0.3 is 0 Å². The van der Waals surface area contributed by atoms with E-state index in [0.29, 0.717) is 11.6 Å². The molecular formula is C38H52N4O3S. The van der Waals surface area contributed by atoms with Crippen LogP contribution in [0.3, 0.4) is 0 Å². The van der Waals surface area contributed by atoms with Gasteiger partial charge in [0.1, 0.15) is 23.9 Å². The molecule has 0 aromatic heterocycles. The summed E-state index contributed by atoms with van der Waals surface area (Å²) in [5.74, 6) is 2.48. The van der Waals surface area contributed by atoms with Crippen molar-refractivity contribution in [2.24, 2.45) is 5.73 Å². The molecule has 2 fully saturated rings. The van der Waals surface area contributed by atoms with Crippen LogP contribution in [0.1, 0.15) is 69.6 Å². The number of para-hydroxylation sites is 1. The maximum absolute atomic E-state index is 12.9. The zero-order valence-electron chi connectivity index (χ0n) is 28.5. The number of benzene rings is 3. The molecule has 0 amide bonds. The topological polar surface area (TPSA) is 80.1 Å². The second-order valence-corrected chi connectivity index (χ2v) is 13.3. The first-order valence-electron chi connectivity index (χ1n) is 16.6. The van der Waals surface area contributed by atoms with Crippen molar-refractivity contribution in [3.63, 3.8) is 0 Å². The minimum Gasteiger partial charge on any atom is -0.497 e. The molecular weight excluding hydrogens is 593 g/mol. The first kappa shape index (κ1) is 35.2. The molecule has 1 aliphatic carbocycles. The molecule has 1 aliphatic heterocycles. The summed E-state index contributed by atoms with van der Waals surface area (Å²) in [7, 11) is 5.94. The van der Waals surface area contributed by atoms with Gasteiger partial charge in [-0.1, -0.05) is 57.5 Å². The summed E-state index contributed by atoms with van der Waals surface area (Å²) in [6, 6.07) is 22.6. The normalized spacial score (nSPS) is 16.7. The quantitative estimate of drug-likeness (QED) is 0.182. The maximum atomic E-state index is 12.9. The highest BCUT2D eigenvalue weighted by molar-refractivity contribution is 8.03. The lowest BCUT2D eigenvalue weighted by Gasteiger charge is -2.41. The number of carbonyl (C=O) groups excluding carboxylic acids is 1. The minimum absolute atomic E-state index is 0.0906. The third-order valence-corrected chi connectivity index (χ3v) is 9.68. The Labute approximate surface area is 280 Å². The van der Waals surface area contributed by atoms with Crippen LogP contribution in [0.15, 0.2) is 71.8 Å². The Balaban J connectivity index is 0.00000235. The van der Waals surface area contributed by atoms with E-state index in [0.717, 1.165) is 102 Å². The molecule has 1 heterocycles. The van der Waals surface area contributed by atoms with Crippen LogP contribution in [-0.2, 0) is 16.8 Å². The van der Waals surface area contributed by atoms with Gasteiger partial charge in [-0.2, -0.15) is 0 Å². The number of carbonyl (C=O) groups is 1. The van der Waals surface area contributed by atoms with Crippen molar-refractivity contribution in [1.82, 2.24) is 4.90 Å². The van der Waals surface area contributed by atoms with Crippen molar-refractivity contribution in [1.29, 1.82) is 0 Å². The molecule has 0 atom stereocenters. The number of methoxy groups -OCH3 is 1. The van der Waals surface area contributed by atoms with Gasteiger partial charge in [0.15, 0.2) is 0 Å². The number of thioether (sulfide) groups is 1. The number of piperidine rings is 1. The molecule has 46 heavy (non-hydrogen) atoms. The van der Waals surface area contributed by atoms with Crippen LogP contribution >= 0.6 is 11.8 Å². The largest absolute Gasteiger partial charge is 0.497 e. The van der Waals surface area contributed by atoms with Crippen molar-refractivity contribution in [2.75, 3.05) is 50.3 Å². The van der Waals surface area contributed by atoms with Gasteiger partial charge in [-0.3, -0.25) is 0 Å². The van der Waals surface area contributed by atoms with Crippen molar-refractivity contribution in [3.05, 3.63) is 88.4 Å². The molecule has 3 N–H and O–H groups in total. The predicted octanol–water partition coefficient (Wildman–Crippen LogP) is 7.90. The fourth-order valence-electron chi connectivity index (χ4n) is 6.16. The zero-order valence-corrected chi connectivity index (χ0v) is 29.3. The fourth-order valence-corrected chi connectivity index (χ4v) is 6.78. The van der Waals surface area contributed by atoms with E-state index in [4.69, 9.17) is 15.2 Å². The number of rotatable bonds is 13. The van der Waals surface area contributed by atoms with E-state index in [1.807, 2.05) is 56.3 Å². The number of hydrogen-bond acceptors (Lipinski definition) is 8. The average Bonchev–Trinajstić information content (AvgIpc) is 3.06. The molecule has 0 unspecified atom stereocenters. The van der Waals surface area contributed by atoms with Crippen molar-refractivity contribution in [2.45, 2.75) is 70.9 Å². The van der Waals surface area contributed by atoms with Crippen LogP contribution in [-0.4, -0.2) is 57.3 Å². The predicted molar refractivity (Wildman–Crippen MR) is 195 cm³/mol. The summed E-state index contributed by atoms with van der Waals surface area (Å²) in [6.45, 7) is 8.75. The van der Waals surface area contributed by atoms with E-state index in [1.54, 1.807) is 18.9 Å². The third kappa shape index (κ3) is 8.39. The van der Waals surface area contributed by atoms with Crippen molar-refractivity contribution >= 4 is 35.1 Å². The molecule has 1 saturated carbocycles. The minimum atomic E-state index is -0.561. The van der Waals surface area contributed by atoms with Gasteiger partial charge in [0.2, 0.25) is 0 Å². The number of anilines is 2. The standard InChI is InChI=1S/C36H46N4O3S.C2H6/c1-5-44-35(37)33(38-28-10-7-6-8-11-28)27-22-31(36(25-41)18-9-19-36)34(32(23-27)43-30-16-20-39(2)21-17-30)40(3)24-26-12-14-29(42-4)15-13-26;1-2/h6-8,10-15,22-23,25,30,38H,5,9,16-21,24,37H2,1-4H3;1-2H3/b35-33+;. The Kier molecular flexibility index (Phi) is 12.9. The van der Waals surface area contributed by atoms with Crippen LogP contribution in [0.4, 0.5) is 11.4 Å². The van der Waals surface area contributed by atoms with Crippen LogP contribution in [0, 0.1) is 0 Å². The third-order valence-electron chi connectivity index (χ3n) is 8.88. The maximum Gasteiger partial charge on any atom is 0.144 e. The highest BCUT2D eigenvalue weighted by Crippen LogP contribution is 2.50. The summed E-state index contributed by atoms with van der Waals surface area (Å²) in [5, 5.41) is 4.32. The SMILES string of the molecule is CC.CCS/C(N)=C(/Nc1ccccc1)c1cc(OC2CCN(C)CC2)c(N(C)Cc2ccc(OC)cc2)c(C2(C=O)CCC2)c1. The highest BCUT2D eigenvalue weighted by Gasteiger charge is 2.42. The molecule has 248 valence electrons. The number of nitrogens with one attached hydrogen (secondary N) is 1. The molecule has 0 radical (unpaired) electrons. The zero-order chi connectivity index (χ0) is 33.1. The molecule has 3 aromatic rings. The van der Waals surface area contributed by atoms with E-state index in [9.17, 15) is 4.79 Å².